The van der Waals surface area contributed by atoms with Crippen LogP contribution in [0.3, 0.4) is 0 Å². The first kappa shape index (κ1) is 33.9. The number of nitrogens with one attached hydrogen (secondary N) is 2. The maximum absolute atomic E-state index is 15.7. The molecule has 0 radical (unpaired) electrons. The number of benzene rings is 3. The summed E-state index contributed by atoms with van der Waals surface area (Å²) in [6, 6.07) is 16.6. The van der Waals surface area contributed by atoms with Crippen molar-refractivity contribution in [1.29, 1.82) is 5.41 Å². The van der Waals surface area contributed by atoms with Crippen LogP contribution in [0.4, 0.5) is 13.2 Å². The van der Waals surface area contributed by atoms with Gasteiger partial charge in [-0.2, -0.15) is 0 Å². The number of halogens is 3. The normalized spacial score (nSPS) is 16.0. The topological polar surface area (TPSA) is 121 Å². The average Bonchev–Trinajstić information content (AvgIpc) is 3.43. The monoisotopic (exact) mass is 697 g/mol. The summed E-state index contributed by atoms with van der Waals surface area (Å²) >= 11 is 0. The molecule has 5 aromatic rings. The number of carbonyl (C=O) groups is 1. The number of methoxy groups -OCH3 is 1. The molecule has 2 aliphatic heterocycles. The van der Waals surface area contributed by atoms with Crippen LogP contribution in [0.5, 0.6) is 5.88 Å². The first-order chi connectivity index (χ1) is 24.8. The number of imidazole rings is 1. The number of hydrogen-bond acceptors (Lipinski definition) is 9. The quantitative estimate of drug-likeness (QED) is 0.110. The SMILES string of the molecule is COC(=O)c1ccc2nc(Cc3cc(F)c(-c4cccc(OCc5ccc(/C(C=N)=C/NC6COC6)cc5F)n4)cc3F)n(C[C@@H]3CCO3)c2c1. The molecule has 0 saturated carbocycles. The zero-order chi connectivity index (χ0) is 35.5. The van der Waals surface area contributed by atoms with E-state index in [1.165, 1.54) is 19.2 Å². The zero-order valence-electron chi connectivity index (χ0n) is 27.6. The van der Waals surface area contributed by atoms with Crippen LogP contribution in [0.1, 0.15) is 39.3 Å². The van der Waals surface area contributed by atoms with Crippen LogP contribution in [0.15, 0.2) is 72.9 Å². The van der Waals surface area contributed by atoms with Gasteiger partial charge in [-0.15, -0.1) is 0 Å². The number of hydrogen-bond donors (Lipinski definition) is 2. The minimum absolute atomic E-state index is 0.0119. The van der Waals surface area contributed by atoms with Gasteiger partial charge in [0.05, 0.1) is 61.3 Å². The lowest BCUT2D eigenvalue weighted by atomic mass is 10.0. The third-order valence-corrected chi connectivity index (χ3v) is 8.94. The number of ether oxygens (including phenoxy) is 4. The van der Waals surface area contributed by atoms with Crippen molar-refractivity contribution in [2.75, 3.05) is 26.9 Å². The Balaban J connectivity index is 1.08. The standard InChI is InChI=1S/C38H34F3N5O5/c1-48-38(47)23-7-8-34-35(13-23)46(18-28-9-10-50-28)36(44-34)14-25-12-32(41)29(15-31(25)40)33-3-2-4-37(45-33)51-19-24-6-5-22(11-30(24)39)26(16-42)17-43-27-20-49-21-27/h2-8,11-13,15-17,27-28,42-43H,9-10,14,18-21H2,1H3/b26-17+,42-16?/t28-/m0/s1. The van der Waals surface area contributed by atoms with Gasteiger partial charge in [-0.25, -0.2) is 27.9 Å². The molecule has 0 aliphatic carbocycles. The highest BCUT2D eigenvalue weighted by molar-refractivity contribution is 6.08. The molecule has 262 valence electrons. The molecule has 7 rings (SSSR count). The number of allylic oxidation sites excluding steroid dienone is 1. The second-order valence-electron chi connectivity index (χ2n) is 12.3. The van der Waals surface area contributed by atoms with Crippen molar-refractivity contribution in [3.8, 4) is 17.1 Å². The smallest absolute Gasteiger partial charge is 0.337 e. The Morgan fingerprint density at radius 2 is 1.80 bits per heavy atom. The Kier molecular flexibility index (Phi) is 9.82. The second kappa shape index (κ2) is 14.8. The minimum atomic E-state index is -0.690. The fourth-order valence-corrected chi connectivity index (χ4v) is 5.87. The molecule has 2 aliphatic rings. The number of nitrogens with zero attached hydrogens (tertiary/aromatic N) is 3. The Bertz CT molecular complexity index is 2140. The van der Waals surface area contributed by atoms with Crippen LogP contribution in [0, 0.1) is 22.9 Å². The van der Waals surface area contributed by atoms with Crippen molar-refractivity contribution < 1.29 is 36.9 Å². The van der Waals surface area contributed by atoms with Crippen molar-refractivity contribution >= 4 is 28.8 Å². The summed E-state index contributed by atoms with van der Waals surface area (Å²) in [6.07, 6.45) is 3.60. The number of fused-ring (bicyclic) bond motifs is 1. The van der Waals surface area contributed by atoms with E-state index in [0.29, 0.717) is 59.9 Å². The molecule has 0 amide bonds. The van der Waals surface area contributed by atoms with Gasteiger partial charge >= 0.3 is 5.97 Å². The average molecular weight is 698 g/mol. The van der Waals surface area contributed by atoms with Gasteiger partial charge < -0.3 is 34.2 Å². The summed E-state index contributed by atoms with van der Waals surface area (Å²) < 4.78 is 69.6. The molecule has 2 saturated heterocycles. The van der Waals surface area contributed by atoms with Crippen LogP contribution in [0.25, 0.3) is 27.9 Å². The lowest BCUT2D eigenvalue weighted by molar-refractivity contribution is -0.0589. The number of rotatable bonds is 13. The highest BCUT2D eigenvalue weighted by Gasteiger charge is 2.24. The van der Waals surface area contributed by atoms with E-state index < -0.39 is 23.4 Å². The summed E-state index contributed by atoms with van der Waals surface area (Å²) in [4.78, 5) is 21.2. The highest BCUT2D eigenvalue weighted by atomic mass is 19.1. The van der Waals surface area contributed by atoms with Gasteiger partial charge in [0.2, 0.25) is 5.88 Å². The number of pyridine rings is 1. The fourth-order valence-electron chi connectivity index (χ4n) is 5.87. The molecule has 0 unspecified atom stereocenters. The molecular formula is C38H34F3N5O5. The number of esters is 1. The summed E-state index contributed by atoms with van der Waals surface area (Å²) in [7, 11) is 1.30. The van der Waals surface area contributed by atoms with E-state index in [0.717, 1.165) is 24.8 Å². The van der Waals surface area contributed by atoms with Gasteiger partial charge in [0, 0.05) is 48.2 Å². The molecule has 1 atom stereocenters. The molecule has 0 spiro atoms. The van der Waals surface area contributed by atoms with E-state index in [1.54, 1.807) is 48.7 Å². The Hall–Kier alpha value is -5.53. The molecule has 13 heteroatoms. The van der Waals surface area contributed by atoms with Gasteiger partial charge in [-0.3, -0.25) is 0 Å². The van der Waals surface area contributed by atoms with E-state index in [2.05, 4.69) is 15.3 Å². The Labute approximate surface area is 291 Å². The third-order valence-electron chi connectivity index (χ3n) is 8.94. The minimum Gasteiger partial charge on any atom is -0.473 e. The summed E-state index contributed by atoms with van der Waals surface area (Å²) in [5.41, 5.74) is 3.08. The first-order valence-corrected chi connectivity index (χ1v) is 16.4. The molecule has 0 bridgehead atoms. The molecular weight excluding hydrogens is 663 g/mol. The van der Waals surface area contributed by atoms with Crippen LogP contribution < -0.4 is 10.1 Å². The number of carbonyl (C=O) groups excluding carboxylic acids is 1. The van der Waals surface area contributed by atoms with Gasteiger partial charge in [-0.1, -0.05) is 18.2 Å². The van der Waals surface area contributed by atoms with E-state index in [4.69, 9.17) is 24.4 Å². The molecule has 3 aromatic carbocycles. The Morgan fingerprint density at radius 3 is 2.51 bits per heavy atom. The first-order valence-electron chi connectivity index (χ1n) is 16.4. The van der Waals surface area contributed by atoms with Gasteiger partial charge in [-0.05, 0) is 60.0 Å². The fraction of sp³-hybridized carbons (Fsp3) is 0.263. The van der Waals surface area contributed by atoms with Gasteiger partial charge in [0.25, 0.3) is 0 Å². The zero-order valence-corrected chi connectivity index (χ0v) is 27.6. The largest absolute Gasteiger partial charge is 0.473 e. The number of aromatic nitrogens is 3. The van der Waals surface area contributed by atoms with Gasteiger partial charge in [0.15, 0.2) is 0 Å². The molecule has 2 fully saturated rings. The molecule has 2 aromatic heterocycles. The summed E-state index contributed by atoms with van der Waals surface area (Å²) in [5, 5.41) is 10.9. The summed E-state index contributed by atoms with van der Waals surface area (Å²) in [6.45, 7) is 2.09. The van der Waals surface area contributed by atoms with Crippen molar-refractivity contribution in [3.63, 3.8) is 0 Å². The third kappa shape index (κ3) is 7.35. The predicted molar refractivity (Wildman–Crippen MR) is 183 cm³/mol. The maximum atomic E-state index is 15.7. The van der Waals surface area contributed by atoms with Crippen molar-refractivity contribution in [3.05, 3.63) is 118 Å². The van der Waals surface area contributed by atoms with E-state index >= 15 is 13.2 Å². The van der Waals surface area contributed by atoms with Crippen molar-refractivity contribution in [1.82, 2.24) is 19.9 Å². The van der Waals surface area contributed by atoms with Crippen LogP contribution in [-0.2, 0) is 33.8 Å². The van der Waals surface area contributed by atoms with Gasteiger partial charge in [0.1, 0.15) is 29.9 Å². The molecule has 51 heavy (non-hydrogen) atoms. The van der Waals surface area contributed by atoms with E-state index in [1.807, 2.05) is 4.57 Å². The summed E-state index contributed by atoms with van der Waals surface area (Å²) in [5.74, 6) is -1.76. The lowest BCUT2D eigenvalue weighted by Gasteiger charge is -2.27. The van der Waals surface area contributed by atoms with E-state index in [-0.39, 0.29) is 53.4 Å². The van der Waals surface area contributed by atoms with Crippen molar-refractivity contribution in [2.24, 2.45) is 0 Å². The maximum Gasteiger partial charge on any atom is 0.337 e. The second-order valence-corrected chi connectivity index (χ2v) is 12.3. The lowest BCUT2D eigenvalue weighted by Crippen LogP contribution is -2.43. The van der Waals surface area contributed by atoms with E-state index in [9.17, 15) is 4.79 Å². The molecule has 4 heterocycles. The highest BCUT2D eigenvalue weighted by Crippen LogP contribution is 2.29. The molecule has 10 nitrogen and oxygen atoms in total. The molecule has 2 N–H and O–H groups in total. The predicted octanol–water partition coefficient (Wildman–Crippen LogP) is 6.24. The van der Waals surface area contributed by atoms with Crippen LogP contribution in [-0.4, -0.2) is 65.8 Å². The van der Waals surface area contributed by atoms with Crippen LogP contribution >= 0.6 is 0 Å². The Morgan fingerprint density at radius 1 is 1.00 bits per heavy atom. The van der Waals surface area contributed by atoms with Crippen molar-refractivity contribution in [2.45, 2.75) is 38.1 Å². The van der Waals surface area contributed by atoms with Crippen LogP contribution in [0.2, 0.25) is 0 Å².